The molecular formula is C22H23F3N4O3. The number of aryl methyl sites for hydroxylation is 1. The minimum atomic E-state index is -4.45. The van der Waals surface area contributed by atoms with Gasteiger partial charge in [-0.25, -0.2) is 4.68 Å². The minimum absolute atomic E-state index is 0.0570. The molecule has 0 amide bonds. The maximum Gasteiger partial charge on any atom is 0.416 e. The summed E-state index contributed by atoms with van der Waals surface area (Å²) < 4.78 is 47.4. The van der Waals surface area contributed by atoms with Gasteiger partial charge in [-0.1, -0.05) is 12.1 Å². The van der Waals surface area contributed by atoms with Crippen LogP contribution in [-0.4, -0.2) is 27.6 Å². The minimum Gasteiger partial charge on any atom is -0.381 e. The van der Waals surface area contributed by atoms with E-state index in [1.54, 1.807) is 23.8 Å². The number of rotatable bonds is 4. The molecule has 0 radical (unpaired) electrons. The van der Waals surface area contributed by atoms with E-state index in [0.717, 1.165) is 16.8 Å². The Bertz CT molecular complexity index is 1260. The maximum atomic E-state index is 13.1. The van der Waals surface area contributed by atoms with Crippen LogP contribution in [0.2, 0.25) is 0 Å². The molecule has 2 aromatic heterocycles. The Labute approximate surface area is 181 Å². The average molecular weight is 448 g/mol. The first-order valence-electron chi connectivity index (χ1n) is 10.3. The van der Waals surface area contributed by atoms with Crippen molar-refractivity contribution in [3.8, 4) is 0 Å². The average Bonchev–Trinajstić information content (AvgIpc) is 2.77. The quantitative estimate of drug-likeness (QED) is 0.660. The normalized spacial score (nSPS) is 16.3. The Morgan fingerprint density at radius 1 is 1.16 bits per heavy atom. The number of aromatic nitrogens is 3. The molecule has 3 heterocycles. The molecule has 1 aromatic carbocycles. The van der Waals surface area contributed by atoms with Crippen molar-refractivity contribution in [2.45, 2.75) is 38.0 Å². The van der Waals surface area contributed by atoms with Gasteiger partial charge in [-0.2, -0.15) is 18.3 Å². The Morgan fingerprint density at radius 2 is 1.88 bits per heavy atom. The van der Waals surface area contributed by atoms with E-state index in [-0.39, 0.29) is 17.0 Å². The molecule has 170 valence electrons. The van der Waals surface area contributed by atoms with Crippen LogP contribution >= 0.6 is 0 Å². The van der Waals surface area contributed by atoms with Gasteiger partial charge in [0.2, 0.25) is 0 Å². The Morgan fingerprint density at radius 3 is 2.56 bits per heavy atom. The van der Waals surface area contributed by atoms with Gasteiger partial charge in [0.15, 0.2) is 5.82 Å². The van der Waals surface area contributed by atoms with Crippen molar-refractivity contribution in [2.24, 2.45) is 7.05 Å². The molecule has 3 aromatic rings. The summed E-state index contributed by atoms with van der Waals surface area (Å²) in [5, 5.41) is 8.05. The molecule has 1 aliphatic rings. The number of ether oxygens (including phenoxy) is 1. The van der Waals surface area contributed by atoms with Crippen LogP contribution in [0.1, 0.15) is 43.0 Å². The van der Waals surface area contributed by atoms with Crippen molar-refractivity contribution >= 4 is 16.6 Å². The van der Waals surface area contributed by atoms with Crippen LogP contribution in [0.3, 0.4) is 0 Å². The number of nitrogens with zero attached hydrogens (tertiary/aromatic N) is 3. The Hall–Kier alpha value is -3.14. The van der Waals surface area contributed by atoms with Crippen LogP contribution in [0.25, 0.3) is 10.8 Å². The van der Waals surface area contributed by atoms with Crippen molar-refractivity contribution in [3.63, 3.8) is 0 Å². The molecule has 1 fully saturated rings. The molecule has 4 rings (SSSR count). The van der Waals surface area contributed by atoms with E-state index in [0.29, 0.717) is 42.8 Å². The molecule has 1 N–H and O–H groups in total. The number of anilines is 1. The molecule has 10 heteroatoms. The molecule has 0 bridgehead atoms. The number of fused-ring (bicyclic) bond motifs is 1. The number of halogens is 3. The van der Waals surface area contributed by atoms with E-state index < -0.39 is 23.3 Å². The summed E-state index contributed by atoms with van der Waals surface area (Å²) in [6.45, 7) is 2.80. The van der Waals surface area contributed by atoms with Crippen molar-refractivity contribution in [1.82, 2.24) is 14.3 Å². The molecule has 0 saturated carbocycles. The van der Waals surface area contributed by atoms with Gasteiger partial charge in [0.25, 0.3) is 11.1 Å². The highest BCUT2D eigenvalue weighted by atomic mass is 19.4. The van der Waals surface area contributed by atoms with E-state index in [1.807, 2.05) is 0 Å². The third-order valence-electron chi connectivity index (χ3n) is 5.76. The summed E-state index contributed by atoms with van der Waals surface area (Å²) in [7, 11) is 1.46. The molecule has 0 aliphatic carbocycles. The molecule has 0 spiro atoms. The molecule has 0 unspecified atom stereocenters. The van der Waals surface area contributed by atoms with Crippen molar-refractivity contribution in [3.05, 3.63) is 68.4 Å². The van der Waals surface area contributed by atoms with E-state index in [4.69, 9.17) is 4.74 Å². The zero-order valence-electron chi connectivity index (χ0n) is 17.6. The van der Waals surface area contributed by atoms with Crippen LogP contribution in [0, 0.1) is 0 Å². The highest BCUT2D eigenvalue weighted by molar-refractivity contribution is 5.90. The Kier molecular flexibility index (Phi) is 5.81. The van der Waals surface area contributed by atoms with Gasteiger partial charge >= 0.3 is 6.18 Å². The van der Waals surface area contributed by atoms with Crippen LogP contribution < -0.4 is 16.4 Å². The molecule has 7 nitrogen and oxygen atoms in total. The third-order valence-corrected chi connectivity index (χ3v) is 5.76. The molecule has 1 atom stereocenters. The number of hydrogen-bond acceptors (Lipinski definition) is 5. The van der Waals surface area contributed by atoms with Gasteiger partial charge < -0.3 is 14.6 Å². The fourth-order valence-electron chi connectivity index (χ4n) is 3.97. The standard InChI is InChI=1S/C22H23F3N4O3/c1-13(14-4-3-5-15(10-14)22(23,24)25)26-20-18-12-29(16-6-8-32-9-7-16)19(30)11-17(18)21(31)28(2)27-20/h3-5,10-13,16H,6-9H2,1-2H3,(H,26,27)/t13-/m1/s1. The zero-order chi connectivity index (χ0) is 23.0. The zero-order valence-corrected chi connectivity index (χ0v) is 17.6. The number of benzene rings is 1. The summed E-state index contributed by atoms with van der Waals surface area (Å²) in [6, 6.07) is 5.75. The Balaban J connectivity index is 1.77. The van der Waals surface area contributed by atoms with E-state index in [2.05, 4.69) is 10.4 Å². The molecule has 32 heavy (non-hydrogen) atoms. The second-order valence-electron chi connectivity index (χ2n) is 7.96. The first-order chi connectivity index (χ1) is 15.1. The lowest BCUT2D eigenvalue weighted by atomic mass is 10.0. The van der Waals surface area contributed by atoms with Gasteiger partial charge in [0.05, 0.1) is 17.0 Å². The summed E-state index contributed by atoms with van der Waals surface area (Å²) in [6.07, 6.45) is -1.49. The lowest BCUT2D eigenvalue weighted by Gasteiger charge is -2.25. The van der Waals surface area contributed by atoms with Crippen molar-refractivity contribution < 1.29 is 17.9 Å². The molecular weight excluding hydrogens is 425 g/mol. The largest absolute Gasteiger partial charge is 0.416 e. The SMILES string of the molecule is C[C@@H](Nc1nn(C)c(=O)c2cc(=O)n(C3CCOCC3)cc12)c1cccc(C(F)(F)F)c1. The topological polar surface area (TPSA) is 78.2 Å². The molecule has 1 saturated heterocycles. The summed E-state index contributed by atoms with van der Waals surface area (Å²) in [5.74, 6) is 0.313. The van der Waals surface area contributed by atoms with E-state index in [9.17, 15) is 22.8 Å². The van der Waals surface area contributed by atoms with Gasteiger partial charge in [0, 0.05) is 44.0 Å². The van der Waals surface area contributed by atoms with Crippen LogP contribution in [-0.2, 0) is 18.0 Å². The maximum absolute atomic E-state index is 13.1. The summed E-state index contributed by atoms with van der Waals surface area (Å²) in [5.41, 5.74) is -1.03. The predicted molar refractivity (Wildman–Crippen MR) is 114 cm³/mol. The second-order valence-corrected chi connectivity index (χ2v) is 7.96. The number of pyridine rings is 1. The monoisotopic (exact) mass is 448 g/mol. The number of hydrogen-bond donors (Lipinski definition) is 1. The van der Waals surface area contributed by atoms with Crippen LogP contribution in [0.15, 0.2) is 46.1 Å². The van der Waals surface area contributed by atoms with Crippen LogP contribution in [0.4, 0.5) is 19.0 Å². The first-order valence-corrected chi connectivity index (χ1v) is 10.3. The van der Waals surface area contributed by atoms with Gasteiger partial charge in [-0.15, -0.1) is 0 Å². The van der Waals surface area contributed by atoms with Crippen molar-refractivity contribution in [1.29, 1.82) is 0 Å². The van der Waals surface area contributed by atoms with Crippen LogP contribution in [0.5, 0.6) is 0 Å². The summed E-state index contributed by atoms with van der Waals surface area (Å²) in [4.78, 5) is 25.3. The highest BCUT2D eigenvalue weighted by Crippen LogP contribution is 2.32. The van der Waals surface area contributed by atoms with Gasteiger partial charge in [-0.05, 0) is 37.5 Å². The smallest absolute Gasteiger partial charge is 0.381 e. The first kappa shape index (κ1) is 22.1. The van der Waals surface area contributed by atoms with E-state index in [1.165, 1.54) is 19.2 Å². The van der Waals surface area contributed by atoms with Gasteiger partial charge in [0.1, 0.15) is 0 Å². The molecule has 1 aliphatic heterocycles. The van der Waals surface area contributed by atoms with E-state index >= 15 is 0 Å². The van der Waals surface area contributed by atoms with Crippen molar-refractivity contribution in [2.75, 3.05) is 18.5 Å². The number of nitrogens with one attached hydrogen (secondary N) is 1. The fraction of sp³-hybridized carbons (Fsp3) is 0.409. The lowest BCUT2D eigenvalue weighted by molar-refractivity contribution is -0.137. The number of alkyl halides is 3. The highest BCUT2D eigenvalue weighted by Gasteiger charge is 2.30. The fourth-order valence-corrected chi connectivity index (χ4v) is 3.97. The third kappa shape index (κ3) is 4.27. The predicted octanol–water partition coefficient (Wildman–Crippen LogP) is 3.64. The summed E-state index contributed by atoms with van der Waals surface area (Å²) >= 11 is 0. The second kappa shape index (κ2) is 8.42. The van der Waals surface area contributed by atoms with Gasteiger partial charge in [-0.3, -0.25) is 9.59 Å². The lowest BCUT2D eigenvalue weighted by Crippen LogP contribution is -2.30.